The largest absolute Gasteiger partial charge is 0.468 e. The molecule has 108 valence electrons. The van der Waals surface area contributed by atoms with Crippen molar-refractivity contribution in [3.63, 3.8) is 0 Å². The van der Waals surface area contributed by atoms with Gasteiger partial charge >= 0.3 is 0 Å². The van der Waals surface area contributed by atoms with Gasteiger partial charge in [0, 0.05) is 18.7 Å². The van der Waals surface area contributed by atoms with Crippen LogP contribution in [-0.4, -0.2) is 24.5 Å². The molecular formula is C16H28N2O. The van der Waals surface area contributed by atoms with Crippen LogP contribution in [0.2, 0.25) is 0 Å². The highest BCUT2D eigenvalue weighted by atomic mass is 16.3. The minimum Gasteiger partial charge on any atom is -0.468 e. The zero-order valence-electron chi connectivity index (χ0n) is 12.6. The van der Waals surface area contributed by atoms with E-state index in [2.05, 4.69) is 37.1 Å². The molecule has 0 saturated carbocycles. The topological polar surface area (TPSA) is 28.4 Å². The zero-order chi connectivity index (χ0) is 13.7. The van der Waals surface area contributed by atoms with E-state index in [1.54, 1.807) is 0 Å². The van der Waals surface area contributed by atoms with Gasteiger partial charge in [-0.3, -0.25) is 4.90 Å². The summed E-state index contributed by atoms with van der Waals surface area (Å²) in [4.78, 5) is 2.52. The number of nitrogens with zero attached hydrogens (tertiary/aromatic N) is 1. The molecular weight excluding hydrogens is 236 g/mol. The number of hydrogen-bond acceptors (Lipinski definition) is 3. The summed E-state index contributed by atoms with van der Waals surface area (Å²) in [5.74, 6) is 2.77. The van der Waals surface area contributed by atoms with Crippen molar-refractivity contribution in [1.82, 2.24) is 10.2 Å². The fraction of sp³-hybridized carbons (Fsp3) is 0.750. The second-order valence-electron chi connectivity index (χ2n) is 6.08. The smallest absolute Gasteiger partial charge is 0.118 e. The first-order valence-electron chi connectivity index (χ1n) is 7.68. The summed E-state index contributed by atoms with van der Waals surface area (Å²) in [5, 5.41) is 3.41. The molecule has 19 heavy (non-hydrogen) atoms. The van der Waals surface area contributed by atoms with Crippen molar-refractivity contribution in [2.75, 3.05) is 19.6 Å². The summed E-state index contributed by atoms with van der Waals surface area (Å²) in [6.45, 7) is 12.3. The molecule has 2 atom stereocenters. The standard InChI is InChI=1S/C16H28N2O/c1-4-6-17-9-15-8-16(19-12-15)11-18-7-5-13(2)14(3)10-18/h8,12-14,17H,4-7,9-11H2,1-3H3. The van der Waals surface area contributed by atoms with E-state index in [-0.39, 0.29) is 0 Å². The van der Waals surface area contributed by atoms with Crippen LogP contribution in [0.1, 0.15) is 44.9 Å². The third-order valence-corrected chi connectivity index (χ3v) is 4.26. The SMILES string of the molecule is CCCNCc1coc(CN2CCC(C)C(C)C2)c1. The molecule has 3 heteroatoms. The van der Waals surface area contributed by atoms with Gasteiger partial charge < -0.3 is 9.73 Å². The van der Waals surface area contributed by atoms with Crippen LogP contribution in [0.5, 0.6) is 0 Å². The van der Waals surface area contributed by atoms with E-state index in [9.17, 15) is 0 Å². The van der Waals surface area contributed by atoms with E-state index < -0.39 is 0 Å². The Morgan fingerprint density at radius 3 is 2.95 bits per heavy atom. The molecule has 1 aromatic rings. The molecule has 0 amide bonds. The number of rotatable bonds is 6. The predicted molar refractivity (Wildman–Crippen MR) is 78.9 cm³/mol. The van der Waals surface area contributed by atoms with Crippen molar-refractivity contribution in [3.05, 3.63) is 23.7 Å². The summed E-state index contributed by atoms with van der Waals surface area (Å²) < 4.78 is 5.68. The molecule has 1 saturated heterocycles. The van der Waals surface area contributed by atoms with Crippen LogP contribution < -0.4 is 5.32 Å². The molecule has 0 radical (unpaired) electrons. The summed E-state index contributed by atoms with van der Waals surface area (Å²) in [6.07, 6.45) is 4.38. The van der Waals surface area contributed by atoms with Crippen molar-refractivity contribution in [2.24, 2.45) is 11.8 Å². The molecule has 0 spiro atoms. The van der Waals surface area contributed by atoms with Crippen LogP contribution in [0.25, 0.3) is 0 Å². The van der Waals surface area contributed by atoms with Gasteiger partial charge in [0.15, 0.2) is 0 Å². The Bertz CT molecular complexity index is 375. The number of hydrogen-bond donors (Lipinski definition) is 1. The van der Waals surface area contributed by atoms with Crippen LogP contribution in [0.3, 0.4) is 0 Å². The monoisotopic (exact) mass is 264 g/mol. The van der Waals surface area contributed by atoms with Gasteiger partial charge in [0.05, 0.1) is 12.8 Å². The lowest BCUT2D eigenvalue weighted by Gasteiger charge is -2.34. The number of likely N-dealkylation sites (tertiary alicyclic amines) is 1. The van der Waals surface area contributed by atoms with Gasteiger partial charge in [0.25, 0.3) is 0 Å². The normalized spacial score (nSPS) is 24.8. The summed E-state index contributed by atoms with van der Waals surface area (Å²) in [6, 6.07) is 2.20. The van der Waals surface area contributed by atoms with Crippen LogP contribution in [0.4, 0.5) is 0 Å². The third kappa shape index (κ3) is 4.36. The van der Waals surface area contributed by atoms with Gasteiger partial charge in [-0.2, -0.15) is 0 Å². The fourth-order valence-corrected chi connectivity index (χ4v) is 2.72. The van der Waals surface area contributed by atoms with E-state index in [1.165, 1.54) is 31.5 Å². The molecule has 1 fully saturated rings. The highest BCUT2D eigenvalue weighted by Gasteiger charge is 2.23. The van der Waals surface area contributed by atoms with Gasteiger partial charge in [-0.25, -0.2) is 0 Å². The Labute approximate surface area is 117 Å². The van der Waals surface area contributed by atoms with Gasteiger partial charge in [-0.1, -0.05) is 20.8 Å². The summed E-state index contributed by atoms with van der Waals surface area (Å²) >= 11 is 0. The molecule has 1 aliphatic rings. The maximum atomic E-state index is 5.68. The molecule has 2 unspecified atom stereocenters. The van der Waals surface area contributed by atoms with Gasteiger partial charge in [-0.05, 0) is 43.8 Å². The van der Waals surface area contributed by atoms with Crippen molar-refractivity contribution in [3.8, 4) is 0 Å². The first kappa shape index (κ1) is 14.6. The average Bonchev–Trinajstić information content (AvgIpc) is 2.82. The Morgan fingerprint density at radius 1 is 1.37 bits per heavy atom. The Morgan fingerprint density at radius 2 is 2.21 bits per heavy atom. The number of furan rings is 1. The second-order valence-corrected chi connectivity index (χ2v) is 6.08. The molecule has 2 rings (SSSR count). The van der Waals surface area contributed by atoms with Crippen molar-refractivity contribution in [1.29, 1.82) is 0 Å². The van der Waals surface area contributed by atoms with Crippen molar-refractivity contribution < 1.29 is 4.42 Å². The maximum Gasteiger partial charge on any atom is 0.118 e. The first-order valence-corrected chi connectivity index (χ1v) is 7.68. The van der Waals surface area contributed by atoms with E-state index in [0.29, 0.717) is 0 Å². The second kappa shape index (κ2) is 7.11. The van der Waals surface area contributed by atoms with E-state index in [4.69, 9.17) is 4.42 Å². The number of piperidine rings is 1. The molecule has 0 aliphatic carbocycles. The van der Waals surface area contributed by atoms with Gasteiger partial charge in [-0.15, -0.1) is 0 Å². The van der Waals surface area contributed by atoms with E-state index in [0.717, 1.165) is 37.2 Å². The van der Waals surface area contributed by atoms with E-state index in [1.807, 2.05) is 6.26 Å². The first-order chi connectivity index (χ1) is 9.19. The summed E-state index contributed by atoms with van der Waals surface area (Å²) in [5.41, 5.74) is 1.27. The average molecular weight is 264 g/mol. The minimum absolute atomic E-state index is 0.800. The Balaban J connectivity index is 1.79. The van der Waals surface area contributed by atoms with Crippen molar-refractivity contribution >= 4 is 0 Å². The summed E-state index contributed by atoms with van der Waals surface area (Å²) in [7, 11) is 0. The molecule has 0 aromatic carbocycles. The van der Waals surface area contributed by atoms with Crippen molar-refractivity contribution in [2.45, 2.75) is 46.7 Å². The van der Waals surface area contributed by atoms with Crippen LogP contribution in [-0.2, 0) is 13.1 Å². The van der Waals surface area contributed by atoms with Gasteiger partial charge in [0.2, 0.25) is 0 Å². The maximum absolute atomic E-state index is 5.68. The van der Waals surface area contributed by atoms with Gasteiger partial charge in [0.1, 0.15) is 5.76 Å². The Kier molecular flexibility index (Phi) is 5.46. The third-order valence-electron chi connectivity index (χ3n) is 4.26. The molecule has 1 aromatic heterocycles. The minimum atomic E-state index is 0.800. The molecule has 2 heterocycles. The lowest BCUT2D eigenvalue weighted by Crippen LogP contribution is -2.37. The highest BCUT2D eigenvalue weighted by Crippen LogP contribution is 2.24. The lowest BCUT2D eigenvalue weighted by atomic mass is 9.89. The molecule has 3 nitrogen and oxygen atoms in total. The fourth-order valence-electron chi connectivity index (χ4n) is 2.72. The Hall–Kier alpha value is -0.800. The highest BCUT2D eigenvalue weighted by molar-refractivity contribution is 5.12. The van der Waals surface area contributed by atoms with Crippen LogP contribution >= 0.6 is 0 Å². The lowest BCUT2D eigenvalue weighted by molar-refractivity contribution is 0.124. The predicted octanol–water partition coefficient (Wildman–Crippen LogP) is 3.26. The van der Waals surface area contributed by atoms with Crippen LogP contribution in [0.15, 0.2) is 16.7 Å². The molecule has 0 bridgehead atoms. The number of nitrogens with one attached hydrogen (secondary N) is 1. The molecule has 1 N–H and O–H groups in total. The quantitative estimate of drug-likeness (QED) is 0.799. The van der Waals surface area contributed by atoms with E-state index >= 15 is 0 Å². The zero-order valence-corrected chi connectivity index (χ0v) is 12.6. The molecule has 1 aliphatic heterocycles. The van der Waals surface area contributed by atoms with Crippen LogP contribution in [0, 0.1) is 11.8 Å².